The third kappa shape index (κ3) is 4.15. The Kier molecular flexibility index (Phi) is 5.82. The van der Waals surface area contributed by atoms with Crippen LogP contribution < -0.4 is 16.6 Å². The second kappa shape index (κ2) is 9.23. The summed E-state index contributed by atoms with van der Waals surface area (Å²) in [6.45, 7) is 1.20. The minimum atomic E-state index is -0.389. The highest BCUT2D eigenvalue weighted by Crippen LogP contribution is 2.19. The Morgan fingerprint density at radius 1 is 0.706 bits per heavy atom. The first-order valence-electron chi connectivity index (χ1n) is 11.2. The topological polar surface area (TPSA) is 73.8 Å². The summed E-state index contributed by atoms with van der Waals surface area (Å²) >= 11 is 0. The minimum absolute atomic E-state index is 0.200. The van der Waals surface area contributed by atoms with Crippen LogP contribution in [0.1, 0.15) is 16.7 Å². The predicted octanol–water partition coefficient (Wildman–Crippen LogP) is 3.61. The van der Waals surface area contributed by atoms with Crippen LogP contribution in [-0.4, -0.2) is 18.7 Å². The van der Waals surface area contributed by atoms with E-state index < -0.39 is 0 Å². The van der Waals surface area contributed by atoms with Crippen molar-refractivity contribution >= 4 is 17.1 Å². The molecule has 0 bridgehead atoms. The molecule has 0 aliphatic heterocycles. The molecule has 0 saturated heterocycles. The number of imidazole rings is 1. The number of anilines is 1. The Hall–Kier alpha value is -4.39. The fourth-order valence-electron chi connectivity index (χ4n) is 4.11. The third-order valence-corrected chi connectivity index (χ3v) is 5.89. The number of benzene rings is 3. The Balaban J connectivity index is 1.66. The Labute approximate surface area is 196 Å². The zero-order valence-corrected chi connectivity index (χ0v) is 18.9. The Morgan fingerprint density at radius 3 is 1.76 bits per heavy atom. The van der Waals surface area contributed by atoms with Gasteiger partial charge in [-0.3, -0.25) is 18.5 Å². The lowest BCUT2D eigenvalue weighted by Crippen LogP contribution is -2.40. The van der Waals surface area contributed by atoms with Crippen LogP contribution in [0.4, 0.5) is 5.95 Å². The molecule has 0 aliphatic carbocycles. The highest BCUT2D eigenvalue weighted by Gasteiger charge is 2.20. The molecule has 0 spiro atoms. The molecule has 170 valence electrons. The summed E-state index contributed by atoms with van der Waals surface area (Å²) in [6.07, 6.45) is 0. The predicted molar refractivity (Wildman–Crippen MR) is 134 cm³/mol. The van der Waals surface area contributed by atoms with E-state index in [0.717, 1.165) is 16.7 Å². The maximum absolute atomic E-state index is 13.7. The molecular formula is C27H25N5O2. The monoisotopic (exact) mass is 451 g/mol. The van der Waals surface area contributed by atoms with Crippen LogP contribution in [-0.2, 0) is 26.7 Å². The van der Waals surface area contributed by atoms with Gasteiger partial charge in [0.25, 0.3) is 5.56 Å². The fourth-order valence-corrected chi connectivity index (χ4v) is 4.11. The number of nitrogens with zero attached hydrogens (tertiary/aromatic N) is 4. The van der Waals surface area contributed by atoms with E-state index in [0.29, 0.717) is 30.2 Å². The van der Waals surface area contributed by atoms with E-state index in [9.17, 15) is 9.59 Å². The van der Waals surface area contributed by atoms with Crippen molar-refractivity contribution in [2.75, 3.05) is 5.32 Å². The van der Waals surface area contributed by atoms with Crippen LogP contribution in [0.5, 0.6) is 0 Å². The average molecular weight is 452 g/mol. The van der Waals surface area contributed by atoms with E-state index >= 15 is 0 Å². The molecule has 7 heteroatoms. The quantitative estimate of drug-likeness (QED) is 0.410. The molecule has 1 N–H and O–H groups in total. The summed E-state index contributed by atoms with van der Waals surface area (Å²) in [5, 5.41) is 3.37. The summed E-state index contributed by atoms with van der Waals surface area (Å²) in [7, 11) is 1.66. The molecule has 5 rings (SSSR count). The van der Waals surface area contributed by atoms with Gasteiger partial charge in [0.1, 0.15) is 0 Å². The van der Waals surface area contributed by atoms with E-state index in [4.69, 9.17) is 4.98 Å². The number of aromatic nitrogens is 4. The third-order valence-electron chi connectivity index (χ3n) is 5.89. The molecule has 5 aromatic rings. The van der Waals surface area contributed by atoms with Gasteiger partial charge in [0, 0.05) is 13.6 Å². The first-order chi connectivity index (χ1) is 16.6. The molecule has 34 heavy (non-hydrogen) atoms. The van der Waals surface area contributed by atoms with Gasteiger partial charge < -0.3 is 5.32 Å². The molecule has 0 fully saturated rings. The highest BCUT2D eigenvalue weighted by molar-refractivity contribution is 5.74. The van der Waals surface area contributed by atoms with Gasteiger partial charge in [0.2, 0.25) is 5.95 Å². The van der Waals surface area contributed by atoms with Gasteiger partial charge in [0.05, 0.1) is 13.1 Å². The van der Waals surface area contributed by atoms with Gasteiger partial charge >= 0.3 is 5.69 Å². The van der Waals surface area contributed by atoms with E-state index in [-0.39, 0.29) is 17.8 Å². The van der Waals surface area contributed by atoms with Crippen LogP contribution >= 0.6 is 0 Å². The van der Waals surface area contributed by atoms with Crippen molar-refractivity contribution in [3.8, 4) is 0 Å². The first-order valence-corrected chi connectivity index (χ1v) is 11.2. The van der Waals surface area contributed by atoms with Gasteiger partial charge in [0.15, 0.2) is 11.2 Å². The molecule has 2 heterocycles. The van der Waals surface area contributed by atoms with Crippen molar-refractivity contribution in [3.63, 3.8) is 0 Å². The van der Waals surface area contributed by atoms with Crippen LogP contribution in [0.25, 0.3) is 11.2 Å². The zero-order valence-electron chi connectivity index (χ0n) is 18.9. The number of aryl methyl sites for hydroxylation is 1. The molecule has 0 amide bonds. The van der Waals surface area contributed by atoms with Gasteiger partial charge in [-0.15, -0.1) is 0 Å². The Morgan fingerprint density at radius 2 is 1.21 bits per heavy atom. The summed E-state index contributed by atoms with van der Waals surface area (Å²) in [6, 6.07) is 29.4. The molecule has 0 aliphatic rings. The fraction of sp³-hybridized carbons (Fsp3) is 0.148. The number of nitrogens with one attached hydrogen (secondary N) is 1. The van der Waals surface area contributed by atoms with E-state index in [1.54, 1.807) is 7.05 Å². The smallest absolute Gasteiger partial charge is 0.332 e. The molecule has 3 aromatic carbocycles. The lowest BCUT2D eigenvalue weighted by atomic mass is 10.2. The normalized spacial score (nSPS) is 11.1. The lowest BCUT2D eigenvalue weighted by molar-refractivity contribution is 0.653. The van der Waals surface area contributed by atoms with E-state index in [1.165, 1.54) is 9.13 Å². The first kappa shape index (κ1) is 21.5. The molecular weight excluding hydrogens is 426 g/mol. The van der Waals surface area contributed by atoms with Crippen LogP contribution in [0.3, 0.4) is 0 Å². The molecule has 2 aromatic heterocycles. The van der Waals surface area contributed by atoms with Gasteiger partial charge in [-0.25, -0.2) is 4.79 Å². The SMILES string of the molecule is Cn1c(=O)n(Cc2ccccc2)c(=O)c2c1nc(NCc1ccccc1)n2Cc1ccccc1. The molecule has 0 atom stereocenters. The molecule has 7 nitrogen and oxygen atoms in total. The number of fused-ring (bicyclic) bond motifs is 1. The molecule has 0 unspecified atom stereocenters. The van der Waals surface area contributed by atoms with E-state index in [2.05, 4.69) is 5.32 Å². The van der Waals surface area contributed by atoms with E-state index in [1.807, 2.05) is 95.6 Å². The second-order valence-electron chi connectivity index (χ2n) is 8.24. The van der Waals surface area contributed by atoms with Crippen molar-refractivity contribution in [1.82, 2.24) is 18.7 Å². The number of hydrogen-bond acceptors (Lipinski definition) is 4. The van der Waals surface area contributed by atoms with Crippen molar-refractivity contribution in [3.05, 3.63) is 129 Å². The summed E-state index contributed by atoms with van der Waals surface area (Å²) in [5.74, 6) is 0.548. The lowest BCUT2D eigenvalue weighted by Gasteiger charge is -2.12. The highest BCUT2D eigenvalue weighted by atomic mass is 16.2. The standard InChI is InChI=1S/C27H25N5O2/c1-30-24-23(25(33)32(27(30)34)19-22-15-9-4-10-16-22)31(18-21-13-7-3-8-14-21)26(29-24)28-17-20-11-5-2-6-12-20/h2-16H,17-19H2,1H3,(H,28,29). The zero-order chi connectivity index (χ0) is 23.5. The maximum atomic E-state index is 13.7. The maximum Gasteiger partial charge on any atom is 0.332 e. The van der Waals surface area contributed by atoms with Crippen molar-refractivity contribution < 1.29 is 0 Å². The average Bonchev–Trinajstić information content (AvgIpc) is 3.24. The van der Waals surface area contributed by atoms with Gasteiger partial charge in [-0.2, -0.15) is 4.98 Å². The van der Waals surface area contributed by atoms with Crippen molar-refractivity contribution in [2.45, 2.75) is 19.6 Å². The van der Waals surface area contributed by atoms with Gasteiger partial charge in [-0.05, 0) is 16.7 Å². The Bertz CT molecular complexity index is 1540. The van der Waals surface area contributed by atoms with Crippen LogP contribution in [0.15, 0.2) is 101 Å². The van der Waals surface area contributed by atoms with Gasteiger partial charge in [-0.1, -0.05) is 91.0 Å². The van der Waals surface area contributed by atoms with Crippen molar-refractivity contribution in [1.29, 1.82) is 0 Å². The van der Waals surface area contributed by atoms with Crippen LogP contribution in [0.2, 0.25) is 0 Å². The summed E-state index contributed by atoms with van der Waals surface area (Å²) in [4.78, 5) is 31.5. The number of hydrogen-bond donors (Lipinski definition) is 1. The van der Waals surface area contributed by atoms with Crippen molar-refractivity contribution in [2.24, 2.45) is 7.05 Å². The molecule has 0 radical (unpaired) electrons. The van der Waals surface area contributed by atoms with Crippen LogP contribution in [0, 0.1) is 0 Å². The molecule has 0 saturated carbocycles. The number of rotatable bonds is 7. The second-order valence-corrected chi connectivity index (χ2v) is 8.24. The minimum Gasteiger partial charge on any atom is -0.351 e. The largest absolute Gasteiger partial charge is 0.351 e. The summed E-state index contributed by atoms with van der Waals surface area (Å²) in [5.41, 5.74) is 3.04. The summed E-state index contributed by atoms with van der Waals surface area (Å²) < 4.78 is 4.60.